The number of hydrogen-bond donors (Lipinski definition) is 0. The van der Waals surface area contributed by atoms with Crippen molar-refractivity contribution in [3.05, 3.63) is 59.9 Å². The van der Waals surface area contributed by atoms with Crippen LogP contribution in [0.5, 0.6) is 0 Å². The Labute approximate surface area is 137 Å². The number of ether oxygens (including phenoxy) is 1. The van der Waals surface area contributed by atoms with Gasteiger partial charge in [-0.05, 0) is 36.8 Å². The monoisotopic (exact) mass is 330 g/mol. The predicted octanol–water partition coefficient (Wildman–Crippen LogP) is 4.47. The smallest absolute Gasteiger partial charge is 0.420 e. The third kappa shape index (κ3) is 3.37. The Bertz CT molecular complexity index is 847. The van der Waals surface area contributed by atoms with Gasteiger partial charge >= 0.3 is 6.09 Å². The Kier molecular flexibility index (Phi) is 4.62. The lowest BCUT2D eigenvalue weighted by Gasteiger charge is -2.07. The molecule has 0 aliphatic carbocycles. The van der Waals surface area contributed by atoms with Crippen LogP contribution in [0.3, 0.4) is 0 Å². The number of carbonyl (C=O) groups is 1. The van der Waals surface area contributed by atoms with Crippen molar-refractivity contribution < 1.29 is 13.9 Å². The molecule has 1 heterocycles. The van der Waals surface area contributed by atoms with Gasteiger partial charge in [-0.15, -0.1) is 0 Å². The van der Waals surface area contributed by atoms with Crippen molar-refractivity contribution in [3.63, 3.8) is 0 Å². The second-order valence-corrected chi connectivity index (χ2v) is 5.78. The molecule has 6 heteroatoms. The molecular formula is C17H15FN2O2S. The van der Waals surface area contributed by atoms with Crippen LogP contribution in [0.15, 0.2) is 53.7 Å². The summed E-state index contributed by atoms with van der Waals surface area (Å²) in [7, 11) is 0. The summed E-state index contributed by atoms with van der Waals surface area (Å²) in [6.45, 7) is 2.05. The van der Waals surface area contributed by atoms with Gasteiger partial charge in [-0.25, -0.2) is 18.7 Å². The lowest BCUT2D eigenvalue weighted by molar-refractivity contribution is 0.152. The molecule has 0 saturated carbocycles. The summed E-state index contributed by atoms with van der Waals surface area (Å²) in [6, 6.07) is 13.8. The summed E-state index contributed by atoms with van der Waals surface area (Å²) >= 11 is 1.37. The number of nitrogens with zero attached hydrogens (tertiary/aromatic N) is 2. The van der Waals surface area contributed by atoms with Gasteiger partial charge in [-0.3, -0.25) is 0 Å². The van der Waals surface area contributed by atoms with Gasteiger partial charge in [0.2, 0.25) is 0 Å². The van der Waals surface area contributed by atoms with E-state index in [0.29, 0.717) is 23.0 Å². The van der Waals surface area contributed by atoms with Crippen molar-refractivity contribution >= 4 is 28.9 Å². The molecule has 3 aromatic rings. The number of imidazole rings is 1. The fraction of sp³-hybridized carbons (Fsp3) is 0.176. The van der Waals surface area contributed by atoms with E-state index in [1.54, 1.807) is 13.0 Å². The first-order chi connectivity index (χ1) is 11.2. The minimum Gasteiger partial charge on any atom is -0.449 e. The van der Waals surface area contributed by atoms with Gasteiger partial charge in [0, 0.05) is 5.75 Å². The van der Waals surface area contributed by atoms with Crippen molar-refractivity contribution in [1.29, 1.82) is 0 Å². The van der Waals surface area contributed by atoms with Crippen LogP contribution in [0.25, 0.3) is 11.0 Å². The third-order valence-corrected chi connectivity index (χ3v) is 4.25. The third-order valence-electron chi connectivity index (χ3n) is 3.24. The standard InChI is InChI=1S/C17H15FN2O2S/c1-2-22-17(21)20-15-9-4-3-8-14(15)19-16(20)23-11-12-6-5-7-13(18)10-12/h3-10H,2,11H2,1H3. The zero-order chi connectivity index (χ0) is 16.2. The highest BCUT2D eigenvalue weighted by atomic mass is 32.2. The van der Waals surface area contributed by atoms with Gasteiger partial charge in [0.15, 0.2) is 5.16 Å². The molecule has 0 spiro atoms. The van der Waals surface area contributed by atoms with Crippen molar-refractivity contribution in [3.8, 4) is 0 Å². The fourth-order valence-corrected chi connectivity index (χ4v) is 3.18. The molecule has 0 unspecified atom stereocenters. The maximum Gasteiger partial charge on any atom is 0.420 e. The number of rotatable bonds is 4. The molecule has 3 rings (SSSR count). The lowest BCUT2D eigenvalue weighted by Crippen LogP contribution is -2.14. The van der Waals surface area contributed by atoms with E-state index in [1.165, 1.54) is 28.5 Å². The predicted molar refractivity (Wildman–Crippen MR) is 88.1 cm³/mol. The molecule has 118 valence electrons. The van der Waals surface area contributed by atoms with E-state index in [-0.39, 0.29) is 5.82 Å². The highest BCUT2D eigenvalue weighted by molar-refractivity contribution is 7.98. The molecule has 4 nitrogen and oxygen atoms in total. The Balaban J connectivity index is 1.93. The number of aromatic nitrogens is 2. The molecule has 0 radical (unpaired) electrons. The van der Waals surface area contributed by atoms with Crippen LogP contribution in [0.4, 0.5) is 9.18 Å². The minimum atomic E-state index is -0.456. The van der Waals surface area contributed by atoms with Crippen LogP contribution in [-0.2, 0) is 10.5 Å². The van der Waals surface area contributed by atoms with Gasteiger partial charge in [-0.2, -0.15) is 0 Å². The number of thioether (sulfide) groups is 1. The number of carbonyl (C=O) groups excluding carboxylic acids is 1. The molecule has 0 fully saturated rings. The van der Waals surface area contributed by atoms with Crippen molar-refractivity contribution in [2.75, 3.05) is 6.61 Å². The van der Waals surface area contributed by atoms with E-state index >= 15 is 0 Å². The molecule has 1 aromatic heterocycles. The highest BCUT2D eigenvalue weighted by Gasteiger charge is 2.18. The fourth-order valence-electron chi connectivity index (χ4n) is 2.24. The molecule has 2 aromatic carbocycles. The van der Waals surface area contributed by atoms with Crippen LogP contribution in [0.1, 0.15) is 12.5 Å². The molecule has 0 aliphatic rings. The highest BCUT2D eigenvalue weighted by Crippen LogP contribution is 2.27. The van der Waals surface area contributed by atoms with Gasteiger partial charge in [0.05, 0.1) is 17.6 Å². The SMILES string of the molecule is CCOC(=O)n1c(SCc2cccc(F)c2)nc2ccccc21. The average Bonchev–Trinajstić information content (AvgIpc) is 2.91. The summed E-state index contributed by atoms with van der Waals surface area (Å²) in [5, 5.41) is 0.536. The molecule has 0 N–H and O–H groups in total. The van der Waals surface area contributed by atoms with Crippen molar-refractivity contribution in [1.82, 2.24) is 9.55 Å². The second kappa shape index (κ2) is 6.83. The second-order valence-electron chi connectivity index (χ2n) is 4.84. The molecule has 23 heavy (non-hydrogen) atoms. The van der Waals surface area contributed by atoms with E-state index < -0.39 is 6.09 Å². The number of para-hydroxylation sites is 2. The van der Waals surface area contributed by atoms with Gasteiger partial charge in [0.1, 0.15) is 5.82 Å². The largest absolute Gasteiger partial charge is 0.449 e. The molecule has 0 bridgehead atoms. The number of halogens is 1. The Hall–Kier alpha value is -2.34. The molecular weight excluding hydrogens is 315 g/mol. The number of benzene rings is 2. The first-order valence-corrected chi connectivity index (χ1v) is 8.19. The number of hydrogen-bond acceptors (Lipinski definition) is 4. The Morgan fingerprint density at radius 2 is 2.09 bits per heavy atom. The Morgan fingerprint density at radius 1 is 1.26 bits per heavy atom. The van der Waals surface area contributed by atoms with E-state index in [1.807, 2.05) is 30.3 Å². The minimum absolute atomic E-state index is 0.276. The van der Waals surface area contributed by atoms with Crippen molar-refractivity contribution in [2.45, 2.75) is 17.8 Å². The van der Waals surface area contributed by atoms with E-state index in [4.69, 9.17) is 4.74 Å². The lowest BCUT2D eigenvalue weighted by atomic mass is 10.2. The first-order valence-electron chi connectivity index (χ1n) is 7.21. The average molecular weight is 330 g/mol. The molecule has 0 aliphatic heterocycles. The van der Waals surface area contributed by atoms with Crippen LogP contribution < -0.4 is 0 Å². The van der Waals surface area contributed by atoms with Crippen LogP contribution >= 0.6 is 11.8 Å². The summed E-state index contributed by atoms with van der Waals surface area (Å²) in [4.78, 5) is 16.7. The maximum absolute atomic E-state index is 13.3. The number of fused-ring (bicyclic) bond motifs is 1. The van der Waals surface area contributed by atoms with E-state index in [9.17, 15) is 9.18 Å². The molecule has 0 saturated heterocycles. The first kappa shape index (κ1) is 15.6. The van der Waals surface area contributed by atoms with Crippen LogP contribution in [0.2, 0.25) is 0 Å². The van der Waals surface area contributed by atoms with E-state index in [0.717, 1.165) is 11.1 Å². The van der Waals surface area contributed by atoms with Gasteiger partial charge < -0.3 is 4.74 Å². The summed E-state index contributed by atoms with van der Waals surface area (Å²) in [5.74, 6) is 0.238. The maximum atomic E-state index is 13.3. The summed E-state index contributed by atoms with van der Waals surface area (Å²) in [6.07, 6.45) is -0.456. The topological polar surface area (TPSA) is 44.1 Å². The van der Waals surface area contributed by atoms with Gasteiger partial charge in [-0.1, -0.05) is 36.0 Å². The quantitative estimate of drug-likeness (QED) is 0.662. The summed E-state index contributed by atoms with van der Waals surface area (Å²) < 4.78 is 19.8. The summed E-state index contributed by atoms with van der Waals surface area (Å²) in [5.41, 5.74) is 2.26. The zero-order valence-electron chi connectivity index (χ0n) is 12.5. The zero-order valence-corrected chi connectivity index (χ0v) is 13.3. The normalized spacial score (nSPS) is 10.9. The van der Waals surface area contributed by atoms with Crippen LogP contribution in [0, 0.1) is 5.82 Å². The van der Waals surface area contributed by atoms with Gasteiger partial charge in [0.25, 0.3) is 0 Å². The van der Waals surface area contributed by atoms with Crippen LogP contribution in [-0.4, -0.2) is 22.3 Å². The molecule has 0 amide bonds. The Morgan fingerprint density at radius 3 is 2.87 bits per heavy atom. The van der Waals surface area contributed by atoms with E-state index in [2.05, 4.69) is 4.98 Å². The van der Waals surface area contributed by atoms with Crippen molar-refractivity contribution in [2.24, 2.45) is 0 Å². The molecule has 0 atom stereocenters.